The molecule has 2 rings (SSSR count). The maximum atomic E-state index is 6.32. The van der Waals surface area contributed by atoms with E-state index in [1.54, 1.807) is 0 Å². The Morgan fingerprint density at radius 1 is 1.10 bits per heavy atom. The summed E-state index contributed by atoms with van der Waals surface area (Å²) in [6.07, 6.45) is 0. The molecule has 0 bridgehead atoms. The Morgan fingerprint density at radius 2 is 1.86 bits per heavy atom. The zero-order valence-corrected chi connectivity index (χ0v) is 13.6. The van der Waals surface area contributed by atoms with Crippen LogP contribution in [-0.2, 0) is 6.54 Å². The SMILES string of the molecule is Cc1cccc(Oc2ccc(CNCC(C)C)c(Cl)c2)c1. The molecule has 21 heavy (non-hydrogen) atoms. The molecular weight excluding hydrogens is 282 g/mol. The summed E-state index contributed by atoms with van der Waals surface area (Å²) in [5.41, 5.74) is 2.27. The van der Waals surface area contributed by atoms with Crippen molar-refractivity contribution < 1.29 is 4.74 Å². The average molecular weight is 304 g/mol. The molecule has 1 N–H and O–H groups in total. The van der Waals surface area contributed by atoms with Crippen LogP contribution >= 0.6 is 11.6 Å². The van der Waals surface area contributed by atoms with Crippen LogP contribution in [0.1, 0.15) is 25.0 Å². The van der Waals surface area contributed by atoms with Gasteiger partial charge in [0.05, 0.1) is 0 Å². The van der Waals surface area contributed by atoms with Gasteiger partial charge in [0.15, 0.2) is 0 Å². The molecule has 0 aromatic heterocycles. The van der Waals surface area contributed by atoms with Gasteiger partial charge in [-0.25, -0.2) is 0 Å². The average Bonchev–Trinajstić information content (AvgIpc) is 2.41. The van der Waals surface area contributed by atoms with Gasteiger partial charge in [0.2, 0.25) is 0 Å². The third-order valence-corrected chi connectivity index (χ3v) is 3.47. The predicted octanol–water partition coefficient (Wildman–Crippen LogP) is 5.19. The van der Waals surface area contributed by atoms with Gasteiger partial charge in [-0.1, -0.05) is 43.6 Å². The van der Waals surface area contributed by atoms with Crippen LogP contribution in [0.5, 0.6) is 11.5 Å². The fourth-order valence-corrected chi connectivity index (χ4v) is 2.28. The Morgan fingerprint density at radius 3 is 2.52 bits per heavy atom. The molecular formula is C18H22ClNO. The van der Waals surface area contributed by atoms with Crippen molar-refractivity contribution in [2.75, 3.05) is 6.54 Å². The van der Waals surface area contributed by atoms with Crippen molar-refractivity contribution in [1.29, 1.82) is 0 Å². The Labute approximate surface area is 132 Å². The minimum atomic E-state index is 0.632. The Hall–Kier alpha value is -1.51. The van der Waals surface area contributed by atoms with Gasteiger partial charge < -0.3 is 10.1 Å². The van der Waals surface area contributed by atoms with Crippen molar-refractivity contribution in [1.82, 2.24) is 5.32 Å². The Bertz CT molecular complexity index is 596. The van der Waals surface area contributed by atoms with Crippen molar-refractivity contribution in [3.8, 4) is 11.5 Å². The Balaban J connectivity index is 2.01. The molecule has 0 atom stereocenters. The molecule has 0 aliphatic carbocycles. The van der Waals surface area contributed by atoms with E-state index >= 15 is 0 Å². The lowest BCUT2D eigenvalue weighted by molar-refractivity contribution is 0.482. The van der Waals surface area contributed by atoms with Gasteiger partial charge in [-0.05, 0) is 54.8 Å². The molecule has 0 aliphatic rings. The van der Waals surface area contributed by atoms with E-state index in [0.717, 1.165) is 35.2 Å². The van der Waals surface area contributed by atoms with Crippen molar-refractivity contribution in [2.24, 2.45) is 5.92 Å². The van der Waals surface area contributed by atoms with Crippen LogP contribution in [0.25, 0.3) is 0 Å². The molecule has 0 saturated carbocycles. The second-order valence-electron chi connectivity index (χ2n) is 5.70. The molecule has 0 amide bonds. The van der Waals surface area contributed by atoms with Gasteiger partial charge in [0.25, 0.3) is 0 Å². The number of ether oxygens (including phenoxy) is 1. The monoisotopic (exact) mass is 303 g/mol. The highest BCUT2D eigenvalue weighted by Gasteiger charge is 2.04. The van der Waals surface area contributed by atoms with Gasteiger partial charge in [0.1, 0.15) is 11.5 Å². The summed E-state index contributed by atoms with van der Waals surface area (Å²) in [6.45, 7) is 8.18. The molecule has 0 fully saturated rings. The summed E-state index contributed by atoms with van der Waals surface area (Å²) < 4.78 is 5.83. The lowest BCUT2D eigenvalue weighted by Gasteiger charge is -2.11. The molecule has 2 aromatic carbocycles. The van der Waals surface area contributed by atoms with Gasteiger partial charge in [0, 0.05) is 11.6 Å². The van der Waals surface area contributed by atoms with Gasteiger partial charge in [-0.2, -0.15) is 0 Å². The van der Waals surface area contributed by atoms with Crippen molar-refractivity contribution >= 4 is 11.6 Å². The molecule has 112 valence electrons. The molecule has 2 nitrogen and oxygen atoms in total. The lowest BCUT2D eigenvalue weighted by atomic mass is 10.2. The topological polar surface area (TPSA) is 21.3 Å². The van der Waals surface area contributed by atoms with Crippen molar-refractivity contribution in [2.45, 2.75) is 27.3 Å². The molecule has 3 heteroatoms. The minimum Gasteiger partial charge on any atom is -0.457 e. The quantitative estimate of drug-likeness (QED) is 0.793. The van der Waals surface area contributed by atoms with Crippen LogP contribution in [0.2, 0.25) is 5.02 Å². The summed E-state index contributed by atoms with van der Waals surface area (Å²) in [5, 5.41) is 4.13. The minimum absolute atomic E-state index is 0.632. The highest BCUT2D eigenvalue weighted by molar-refractivity contribution is 6.31. The van der Waals surface area contributed by atoms with Crippen molar-refractivity contribution in [3.05, 3.63) is 58.6 Å². The van der Waals surface area contributed by atoms with E-state index in [-0.39, 0.29) is 0 Å². The summed E-state index contributed by atoms with van der Waals surface area (Å²) in [4.78, 5) is 0. The standard InChI is InChI=1S/C18H22ClNO/c1-13(2)11-20-12-15-7-8-17(10-18(15)19)21-16-6-4-5-14(3)9-16/h4-10,13,20H,11-12H2,1-3H3. The highest BCUT2D eigenvalue weighted by atomic mass is 35.5. The molecule has 0 radical (unpaired) electrons. The first kappa shape index (κ1) is 15.9. The second kappa shape index (κ2) is 7.48. The molecule has 2 aromatic rings. The third kappa shape index (κ3) is 5.07. The first-order valence-electron chi connectivity index (χ1n) is 7.28. The van der Waals surface area contributed by atoms with Crippen LogP contribution in [0, 0.1) is 12.8 Å². The number of benzene rings is 2. The summed E-state index contributed by atoms with van der Waals surface area (Å²) >= 11 is 6.32. The smallest absolute Gasteiger partial charge is 0.128 e. The van der Waals surface area contributed by atoms with E-state index in [1.165, 1.54) is 5.56 Å². The van der Waals surface area contributed by atoms with Crippen molar-refractivity contribution in [3.63, 3.8) is 0 Å². The third-order valence-electron chi connectivity index (χ3n) is 3.12. The fraction of sp³-hybridized carbons (Fsp3) is 0.333. The molecule has 0 saturated heterocycles. The Kier molecular flexibility index (Phi) is 5.66. The van der Waals surface area contributed by atoms with Crippen LogP contribution in [-0.4, -0.2) is 6.54 Å². The molecule has 0 unspecified atom stereocenters. The molecule has 0 heterocycles. The number of hydrogen-bond donors (Lipinski definition) is 1. The fourth-order valence-electron chi connectivity index (χ4n) is 2.05. The molecule has 0 spiro atoms. The van der Waals surface area contributed by atoms with Gasteiger partial charge in [-0.15, -0.1) is 0 Å². The summed E-state index contributed by atoms with van der Waals surface area (Å²) in [5.74, 6) is 2.22. The van der Waals surface area contributed by atoms with E-state index < -0.39 is 0 Å². The first-order valence-corrected chi connectivity index (χ1v) is 7.66. The number of halogens is 1. The van der Waals surface area contributed by atoms with E-state index in [1.807, 2.05) is 49.4 Å². The number of nitrogens with one attached hydrogen (secondary N) is 1. The molecule has 0 aliphatic heterocycles. The normalized spacial score (nSPS) is 10.9. The number of hydrogen-bond acceptors (Lipinski definition) is 2. The lowest BCUT2D eigenvalue weighted by Crippen LogP contribution is -2.19. The predicted molar refractivity (Wildman–Crippen MR) is 89.2 cm³/mol. The second-order valence-corrected chi connectivity index (χ2v) is 6.10. The summed E-state index contributed by atoms with van der Waals surface area (Å²) in [6, 6.07) is 13.8. The maximum Gasteiger partial charge on any atom is 0.128 e. The zero-order chi connectivity index (χ0) is 15.2. The largest absolute Gasteiger partial charge is 0.457 e. The first-order chi connectivity index (χ1) is 10.0. The van der Waals surface area contributed by atoms with E-state index in [4.69, 9.17) is 16.3 Å². The van der Waals surface area contributed by atoms with E-state index in [0.29, 0.717) is 5.92 Å². The van der Waals surface area contributed by atoms with E-state index in [9.17, 15) is 0 Å². The maximum absolute atomic E-state index is 6.32. The van der Waals surface area contributed by atoms with Gasteiger partial charge >= 0.3 is 0 Å². The van der Waals surface area contributed by atoms with Crippen LogP contribution in [0.3, 0.4) is 0 Å². The summed E-state index contributed by atoms with van der Waals surface area (Å²) in [7, 11) is 0. The van der Waals surface area contributed by atoms with E-state index in [2.05, 4.69) is 19.2 Å². The van der Waals surface area contributed by atoms with Crippen LogP contribution < -0.4 is 10.1 Å². The number of aryl methyl sites for hydroxylation is 1. The van der Waals surface area contributed by atoms with Crippen LogP contribution in [0.4, 0.5) is 0 Å². The zero-order valence-electron chi connectivity index (χ0n) is 12.8. The van der Waals surface area contributed by atoms with Crippen LogP contribution in [0.15, 0.2) is 42.5 Å². The number of rotatable bonds is 6. The van der Waals surface area contributed by atoms with Gasteiger partial charge in [-0.3, -0.25) is 0 Å². The highest BCUT2D eigenvalue weighted by Crippen LogP contribution is 2.27.